The van der Waals surface area contributed by atoms with Crippen molar-refractivity contribution in [3.8, 4) is 0 Å². The molecule has 0 aliphatic heterocycles. The molecule has 0 atom stereocenters. The maximum Gasteiger partial charge on any atom is 0.460 e. The molecule has 0 spiro atoms. The topological polar surface area (TPSA) is 93.5 Å². The van der Waals surface area contributed by atoms with Crippen molar-refractivity contribution in [2.75, 3.05) is 0 Å². The molecule has 0 fully saturated rings. The van der Waals surface area contributed by atoms with Gasteiger partial charge in [0.2, 0.25) is 0 Å². The van der Waals surface area contributed by atoms with Crippen molar-refractivity contribution in [3.63, 3.8) is 0 Å². The first kappa shape index (κ1) is 20.4. The summed E-state index contributed by atoms with van der Waals surface area (Å²) in [6.45, 7) is 0.991. The molecule has 1 aromatic rings. The van der Waals surface area contributed by atoms with Gasteiger partial charge in [-0.2, -0.15) is 35.8 Å². The van der Waals surface area contributed by atoms with Gasteiger partial charge in [-0.25, -0.2) is 0 Å². The molecule has 13 heteroatoms. The number of halogens is 7. The first-order valence-electron chi connectivity index (χ1n) is 6.34. The lowest BCUT2D eigenvalue weighted by atomic mass is 10.1. The standard InChI is InChI=1S/C12H11F7N4O2/c1-6-4-7(2-3-8(6)23(24)25)5-21-22-9(20)10(13,14)11(15,16)12(17,18)19/h2-4,21H,5H2,1H3,(H2,20,22). The molecule has 6 nitrogen and oxygen atoms in total. The zero-order valence-electron chi connectivity index (χ0n) is 12.4. The Morgan fingerprint density at radius 2 is 1.80 bits per heavy atom. The average Bonchev–Trinajstić information content (AvgIpc) is 2.45. The summed E-state index contributed by atoms with van der Waals surface area (Å²) >= 11 is 0. The zero-order valence-corrected chi connectivity index (χ0v) is 12.4. The van der Waals surface area contributed by atoms with Crippen LogP contribution in [0.4, 0.5) is 36.4 Å². The van der Waals surface area contributed by atoms with Crippen LogP contribution in [-0.2, 0) is 6.54 Å². The predicted molar refractivity (Wildman–Crippen MR) is 72.2 cm³/mol. The minimum Gasteiger partial charge on any atom is -0.380 e. The van der Waals surface area contributed by atoms with Crippen molar-refractivity contribution in [1.29, 1.82) is 0 Å². The molecule has 0 aromatic heterocycles. The van der Waals surface area contributed by atoms with Crippen molar-refractivity contribution >= 4 is 11.5 Å². The van der Waals surface area contributed by atoms with Crippen LogP contribution in [0.15, 0.2) is 23.3 Å². The Bertz CT molecular complexity index is 689. The smallest absolute Gasteiger partial charge is 0.380 e. The molecule has 1 aromatic carbocycles. The minimum atomic E-state index is -6.52. The van der Waals surface area contributed by atoms with E-state index in [0.29, 0.717) is 0 Å². The second-order valence-electron chi connectivity index (χ2n) is 4.86. The van der Waals surface area contributed by atoms with Crippen LogP contribution in [0, 0.1) is 17.0 Å². The van der Waals surface area contributed by atoms with Gasteiger partial charge in [0.25, 0.3) is 5.69 Å². The van der Waals surface area contributed by atoms with Gasteiger partial charge in [0.1, 0.15) is 0 Å². The summed E-state index contributed by atoms with van der Waals surface area (Å²) in [4.78, 5) is 9.96. The quantitative estimate of drug-likeness (QED) is 0.262. The summed E-state index contributed by atoms with van der Waals surface area (Å²) in [6.07, 6.45) is -6.52. The highest BCUT2D eigenvalue weighted by molar-refractivity contribution is 5.88. The van der Waals surface area contributed by atoms with Crippen molar-refractivity contribution in [1.82, 2.24) is 5.43 Å². The number of aryl methyl sites for hydroxylation is 1. The van der Waals surface area contributed by atoms with Gasteiger partial charge < -0.3 is 11.2 Å². The Balaban J connectivity index is 2.89. The normalized spacial score (nSPS) is 13.7. The maximum absolute atomic E-state index is 13.2. The number of hydrazone groups is 1. The van der Waals surface area contributed by atoms with E-state index in [-0.39, 0.29) is 16.8 Å². The van der Waals surface area contributed by atoms with Gasteiger partial charge in [-0.1, -0.05) is 6.07 Å². The Morgan fingerprint density at radius 1 is 1.24 bits per heavy atom. The summed E-state index contributed by atoms with van der Waals surface area (Å²) in [5.41, 5.74) is 6.65. The van der Waals surface area contributed by atoms with E-state index >= 15 is 0 Å². The van der Waals surface area contributed by atoms with Crippen LogP contribution in [-0.4, -0.2) is 28.8 Å². The van der Waals surface area contributed by atoms with Crippen LogP contribution >= 0.6 is 0 Å². The Morgan fingerprint density at radius 3 is 2.24 bits per heavy atom. The van der Waals surface area contributed by atoms with E-state index in [2.05, 4.69) is 10.8 Å². The van der Waals surface area contributed by atoms with E-state index in [1.807, 2.05) is 5.43 Å². The molecule has 0 aliphatic carbocycles. The van der Waals surface area contributed by atoms with Crippen LogP contribution in [0.1, 0.15) is 11.1 Å². The number of nitro benzene ring substituents is 1. The van der Waals surface area contributed by atoms with E-state index in [1.165, 1.54) is 19.1 Å². The highest BCUT2D eigenvalue weighted by Gasteiger charge is 2.75. The summed E-state index contributed by atoms with van der Waals surface area (Å²) < 4.78 is 87.9. The van der Waals surface area contributed by atoms with Crippen LogP contribution in [0.25, 0.3) is 0 Å². The SMILES string of the molecule is Cc1cc(CN/N=C(\N)C(F)(F)C(F)(F)C(F)(F)F)ccc1[N+](=O)[O-]. The van der Waals surface area contributed by atoms with Crippen molar-refractivity contribution in [3.05, 3.63) is 39.4 Å². The second kappa shape index (κ2) is 6.72. The lowest BCUT2D eigenvalue weighted by molar-refractivity contribution is -0.385. The summed E-state index contributed by atoms with van der Waals surface area (Å²) in [7, 11) is 0. The first-order chi connectivity index (χ1) is 11.2. The number of nitrogens with zero attached hydrogens (tertiary/aromatic N) is 2. The third kappa shape index (κ3) is 4.09. The predicted octanol–water partition coefficient (Wildman–Crippen LogP) is 3.10. The molecule has 0 aliphatic rings. The number of hydrogen-bond donors (Lipinski definition) is 2. The molecule has 0 saturated carbocycles. The minimum absolute atomic E-state index is 0.218. The molecule has 140 valence electrons. The summed E-state index contributed by atoms with van der Waals surface area (Å²) in [5, 5.41) is 13.3. The molecule has 0 saturated heterocycles. The molecule has 0 heterocycles. The van der Waals surface area contributed by atoms with Gasteiger partial charge >= 0.3 is 18.0 Å². The monoisotopic (exact) mass is 376 g/mol. The molecule has 3 N–H and O–H groups in total. The molecular weight excluding hydrogens is 365 g/mol. The van der Waals surface area contributed by atoms with E-state index in [1.54, 1.807) is 0 Å². The van der Waals surface area contributed by atoms with E-state index in [4.69, 9.17) is 0 Å². The number of rotatable bonds is 6. The second-order valence-corrected chi connectivity index (χ2v) is 4.86. The van der Waals surface area contributed by atoms with Gasteiger partial charge in [0, 0.05) is 11.6 Å². The van der Waals surface area contributed by atoms with Gasteiger partial charge in [-0.05, 0) is 18.6 Å². The van der Waals surface area contributed by atoms with Crippen molar-refractivity contribution < 1.29 is 35.7 Å². The number of hydrogen-bond acceptors (Lipinski definition) is 4. The van der Waals surface area contributed by atoms with Crippen LogP contribution in [0.5, 0.6) is 0 Å². The third-order valence-electron chi connectivity index (χ3n) is 3.01. The van der Waals surface area contributed by atoms with Crippen LogP contribution < -0.4 is 11.2 Å². The molecule has 0 unspecified atom stereocenters. The highest BCUT2D eigenvalue weighted by Crippen LogP contribution is 2.46. The Hall–Kier alpha value is -2.60. The Kier molecular flexibility index (Phi) is 5.50. The van der Waals surface area contributed by atoms with Gasteiger partial charge in [-0.15, -0.1) is 0 Å². The lowest BCUT2D eigenvalue weighted by Gasteiger charge is -2.27. The summed E-state index contributed by atoms with van der Waals surface area (Å²) in [5.74, 6) is -14.4. The number of amidine groups is 1. The number of benzene rings is 1. The number of nitrogens with two attached hydrogens (primary N) is 1. The molecule has 0 bridgehead atoms. The Labute approximate surface area is 135 Å². The maximum atomic E-state index is 13.2. The molecule has 0 amide bonds. The largest absolute Gasteiger partial charge is 0.460 e. The number of nitrogens with one attached hydrogen (secondary N) is 1. The average molecular weight is 376 g/mol. The third-order valence-corrected chi connectivity index (χ3v) is 3.01. The fraction of sp³-hybridized carbons (Fsp3) is 0.417. The van der Waals surface area contributed by atoms with Crippen molar-refractivity contribution in [2.24, 2.45) is 10.8 Å². The van der Waals surface area contributed by atoms with Gasteiger partial charge in [0.05, 0.1) is 11.5 Å². The van der Waals surface area contributed by atoms with Crippen LogP contribution in [0.3, 0.4) is 0 Å². The number of nitro groups is 1. The lowest BCUT2D eigenvalue weighted by Crippen LogP contribution is -2.58. The van der Waals surface area contributed by atoms with Crippen LogP contribution in [0.2, 0.25) is 0 Å². The first-order valence-corrected chi connectivity index (χ1v) is 6.34. The highest BCUT2D eigenvalue weighted by atomic mass is 19.4. The molecule has 1 rings (SSSR count). The van der Waals surface area contributed by atoms with E-state index in [9.17, 15) is 40.8 Å². The van der Waals surface area contributed by atoms with Crippen molar-refractivity contribution in [2.45, 2.75) is 31.5 Å². The van der Waals surface area contributed by atoms with E-state index < -0.39 is 35.3 Å². The molecule has 25 heavy (non-hydrogen) atoms. The fourth-order valence-electron chi connectivity index (χ4n) is 1.66. The fourth-order valence-corrected chi connectivity index (χ4v) is 1.66. The van der Waals surface area contributed by atoms with E-state index in [0.717, 1.165) is 6.07 Å². The number of alkyl halides is 7. The molecular formula is C12H11F7N4O2. The summed E-state index contributed by atoms with van der Waals surface area (Å²) in [6, 6.07) is 3.59. The zero-order chi connectivity index (χ0) is 19.6. The van der Waals surface area contributed by atoms with Gasteiger partial charge in [0.15, 0.2) is 5.84 Å². The molecule has 0 radical (unpaired) electrons. The van der Waals surface area contributed by atoms with Gasteiger partial charge in [-0.3, -0.25) is 10.1 Å².